The van der Waals surface area contributed by atoms with E-state index in [0.717, 1.165) is 5.57 Å². The van der Waals surface area contributed by atoms with Crippen LogP contribution < -0.4 is 10.2 Å². The molecule has 1 aliphatic rings. The highest BCUT2D eigenvalue weighted by atomic mass is 16.6. The SMILES string of the molecule is C=C(C)C(O)Cc1ccc(O)c2c(=O)c3c4c(c(C)cc3oc12)OC[C@@H](C(=C)C)[C@@H]4OC(C)=O. The minimum atomic E-state index is -0.836. The lowest BCUT2D eigenvalue weighted by Gasteiger charge is -2.34. The third kappa shape index (κ3) is 3.86. The molecule has 2 aromatic carbocycles. The molecule has 0 saturated carbocycles. The molecule has 3 atom stereocenters. The summed E-state index contributed by atoms with van der Waals surface area (Å²) in [6.45, 7) is 14.7. The lowest BCUT2D eigenvalue weighted by atomic mass is 9.85. The molecular formula is C27H28O7. The van der Waals surface area contributed by atoms with Gasteiger partial charge in [0.1, 0.15) is 34.2 Å². The normalized spacial score (nSPS) is 18.3. The molecule has 178 valence electrons. The average Bonchev–Trinajstić information content (AvgIpc) is 2.75. The molecule has 1 aromatic heterocycles. The molecule has 0 fully saturated rings. The summed E-state index contributed by atoms with van der Waals surface area (Å²) in [6, 6.07) is 4.72. The number of phenols is 1. The fraction of sp³-hybridized carbons (Fsp3) is 0.333. The van der Waals surface area contributed by atoms with Crippen molar-refractivity contribution >= 4 is 27.9 Å². The predicted molar refractivity (Wildman–Crippen MR) is 129 cm³/mol. The summed E-state index contributed by atoms with van der Waals surface area (Å²) in [5, 5.41) is 21.1. The van der Waals surface area contributed by atoms with E-state index in [1.165, 1.54) is 13.0 Å². The smallest absolute Gasteiger partial charge is 0.303 e. The third-order valence-corrected chi connectivity index (χ3v) is 6.31. The van der Waals surface area contributed by atoms with Gasteiger partial charge < -0.3 is 24.1 Å². The van der Waals surface area contributed by atoms with Crippen molar-refractivity contribution in [2.24, 2.45) is 5.92 Å². The van der Waals surface area contributed by atoms with Crippen LogP contribution in [0.2, 0.25) is 0 Å². The van der Waals surface area contributed by atoms with Crippen LogP contribution in [0.15, 0.2) is 51.7 Å². The van der Waals surface area contributed by atoms with Gasteiger partial charge in [-0.2, -0.15) is 0 Å². The molecule has 0 bridgehead atoms. The number of benzene rings is 2. The zero-order chi connectivity index (χ0) is 24.9. The van der Waals surface area contributed by atoms with Crippen LogP contribution in [0.1, 0.15) is 43.6 Å². The second-order valence-electron chi connectivity index (χ2n) is 9.05. The first-order chi connectivity index (χ1) is 16.0. The van der Waals surface area contributed by atoms with Gasteiger partial charge in [0.2, 0.25) is 5.43 Å². The van der Waals surface area contributed by atoms with E-state index < -0.39 is 23.6 Å². The topological polar surface area (TPSA) is 106 Å². The number of carbonyl (C=O) groups excluding carboxylic acids is 1. The van der Waals surface area contributed by atoms with Crippen molar-refractivity contribution in [2.75, 3.05) is 6.61 Å². The van der Waals surface area contributed by atoms with E-state index in [1.54, 1.807) is 19.1 Å². The van der Waals surface area contributed by atoms with Crippen molar-refractivity contribution in [3.8, 4) is 11.5 Å². The van der Waals surface area contributed by atoms with Gasteiger partial charge in [-0.1, -0.05) is 30.4 Å². The average molecular weight is 465 g/mol. The zero-order valence-corrected chi connectivity index (χ0v) is 19.7. The first kappa shape index (κ1) is 23.6. The molecule has 7 heteroatoms. The molecule has 0 radical (unpaired) electrons. The molecule has 3 aromatic rings. The number of phenolic OH excluding ortho intramolecular Hbond substituents is 1. The Hall–Kier alpha value is -3.58. The lowest BCUT2D eigenvalue weighted by Crippen LogP contribution is -2.31. The largest absolute Gasteiger partial charge is 0.507 e. The van der Waals surface area contributed by atoms with Gasteiger partial charge in [-0.05, 0) is 44.0 Å². The van der Waals surface area contributed by atoms with Crippen LogP contribution in [0.5, 0.6) is 11.5 Å². The lowest BCUT2D eigenvalue weighted by molar-refractivity contribution is -0.150. The Labute approximate surface area is 196 Å². The Morgan fingerprint density at radius 1 is 1.24 bits per heavy atom. The van der Waals surface area contributed by atoms with E-state index in [0.29, 0.717) is 28.0 Å². The summed E-state index contributed by atoms with van der Waals surface area (Å²) < 4.78 is 17.9. The van der Waals surface area contributed by atoms with Gasteiger partial charge in [-0.3, -0.25) is 9.59 Å². The molecule has 2 N–H and O–H groups in total. The molecule has 7 nitrogen and oxygen atoms in total. The number of aromatic hydroxyl groups is 1. The molecule has 34 heavy (non-hydrogen) atoms. The van der Waals surface area contributed by atoms with E-state index >= 15 is 0 Å². The number of hydrogen-bond donors (Lipinski definition) is 2. The third-order valence-electron chi connectivity index (χ3n) is 6.31. The number of rotatable bonds is 5. The number of esters is 1. The van der Waals surface area contributed by atoms with Gasteiger partial charge in [-0.15, -0.1) is 0 Å². The van der Waals surface area contributed by atoms with Crippen LogP contribution >= 0.6 is 0 Å². The highest BCUT2D eigenvalue weighted by molar-refractivity contribution is 5.97. The zero-order valence-electron chi connectivity index (χ0n) is 19.7. The summed E-state index contributed by atoms with van der Waals surface area (Å²) in [4.78, 5) is 25.9. The minimum absolute atomic E-state index is 0.0102. The van der Waals surface area contributed by atoms with Crippen molar-refractivity contribution in [2.45, 2.75) is 46.3 Å². The van der Waals surface area contributed by atoms with Gasteiger partial charge in [0.05, 0.1) is 29.6 Å². The first-order valence-electron chi connectivity index (χ1n) is 11.0. The van der Waals surface area contributed by atoms with Gasteiger partial charge in [0.25, 0.3) is 0 Å². The molecule has 0 saturated heterocycles. The Balaban J connectivity index is 2.09. The maximum absolute atomic E-state index is 13.9. The first-order valence-corrected chi connectivity index (χ1v) is 11.0. The maximum atomic E-state index is 13.9. The van der Waals surface area contributed by atoms with E-state index in [1.807, 2.05) is 13.8 Å². The quantitative estimate of drug-likeness (QED) is 0.322. The maximum Gasteiger partial charge on any atom is 0.303 e. The summed E-state index contributed by atoms with van der Waals surface area (Å²) in [6.07, 6.45) is -1.46. The molecule has 2 heterocycles. The van der Waals surface area contributed by atoms with E-state index in [2.05, 4.69) is 13.2 Å². The summed E-state index contributed by atoms with van der Waals surface area (Å²) in [5.41, 5.74) is 2.99. The van der Waals surface area contributed by atoms with E-state index in [9.17, 15) is 19.8 Å². The number of aliphatic hydroxyl groups is 1. The number of aryl methyl sites for hydroxylation is 1. The van der Waals surface area contributed by atoms with E-state index in [-0.39, 0.29) is 46.6 Å². The Kier molecular flexibility index (Phi) is 6.00. The van der Waals surface area contributed by atoms with Crippen LogP contribution in [-0.4, -0.2) is 28.9 Å². The van der Waals surface area contributed by atoms with Crippen molar-refractivity contribution in [3.63, 3.8) is 0 Å². The monoisotopic (exact) mass is 464 g/mol. The molecule has 0 aliphatic carbocycles. The Bertz CT molecular complexity index is 1410. The van der Waals surface area contributed by atoms with Gasteiger partial charge in [0.15, 0.2) is 0 Å². The van der Waals surface area contributed by atoms with Crippen molar-refractivity contribution < 1.29 is 28.9 Å². The van der Waals surface area contributed by atoms with Crippen LogP contribution in [0.3, 0.4) is 0 Å². The molecule has 0 amide bonds. The van der Waals surface area contributed by atoms with Crippen molar-refractivity contribution in [3.05, 3.63) is 69.4 Å². The van der Waals surface area contributed by atoms with Crippen LogP contribution in [0.4, 0.5) is 0 Å². The number of carbonyl (C=O) groups is 1. The van der Waals surface area contributed by atoms with Crippen molar-refractivity contribution in [1.29, 1.82) is 0 Å². The second kappa shape index (κ2) is 8.65. The summed E-state index contributed by atoms with van der Waals surface area (Å²) >= 11 is 0. The van der Waals surface area contributed by atoms with Crippen molar-refractivity contribution in [1.82, 2.24) is 0 Å². The summed E-state index contributed by atoms with van der Waals surface area (Å²) in [5.74, 6) is -0.646. The van der Waals surface area contributed by atoms with Gasteiger partial charge in [0, 0.05) is 13.3 Å². The molecule has 1 unspecified atom stereocenters. The van der Waals surface area contributed by atoms with Crippen LogP contribution in [0.25, 0.3) is 21.9 Å². The molecule has 1 aliphatic heterocycles. The number of ether oxygens (including phenoxy) is 2. The molecular weight excluding hydrogens is 436 g/mol. The molecule has 0 spiro atoms. The van der Waals surface area contributed by atoms with Gasteiger partial charge >= 0.3 is 5.97 Å². The standard InChI is InChI=1S/C27H28O7/c1-12(2)17-11-32-25-14(5)9-20-22(23(25)27(17)33-15(6)28)24(31)21-18(29)8-7-16(26(21)34-20)10-19(30)13(3)4/h7-9,17,19,27,29-30H,1,3,10-11H2,2,4-6H3/t17-,19?,27-/m0/s1. The fourth-order valence-electron chi connectivity index (χ4n) is 4.48. The Morgan fingerprint density at radius 3 is 2.56 bits per heavy atom. The molecule has 4 rings (SSSR count). The van der Waals surface area contributed by atoms with E-state index in [4.69, 9.17) is 13.9 Å². The van der Waals surface area contributed by atoms with Crippen LogP contribution in [0, 0.1) is 12.8 Å². The number of aliphatic hydroxyl groups excluding tert-OH is 1. The number of hydrogen-bond acceptors (Lipinski definition) is 7. The fourth-order valence-corrected chi connectivity index (χ4v) is 4.48. The predicted octanol–water partition coefficient (Wildman–Crippen LogP) is 4.63. The number of fused-ring (bicyclic) bond motifs is 4. The highest BCUT2D eigenvalue weighted by Crippen LogP contribution is 2.46. The van der Waals surface area contributed by atoms with Crippen LogP contribution in [-0.2, 0) is 16.0 Å². The van der Waals surface area contributed by atoms with Gasteiger partial charge in [-0.25, -0.2) is 0 Å². The Morgan fingerprint density at radius 2 is 1.94 bits per heavy atom. The minimum Gasteiger partial charge on any atom is -0.507 e. The highest BCUT2D eigenvalue weighted by Gasteiger charge is 2.38. The summed E-state index contributed by atoms with van der Waals surface area (Å²) in [7, 11) is 0. The second-order valence-corrected chi connectivity index (χ2v) is 9.05.